The molecule has 3 aromatic carbocycles. The van der Waals surface area contributed by atoms with Crippen LogP contribution in [0, 0.1) is 32.1 Å². The van der Waals surface area contributed by atoms with Gasteiger partial charge >= 0.3 is 0 Å². The molecule has 0 spiro atoms. The Morgan fingerprint density at radius 3 is 0.640 bits per heavy atom. The van der Waals surface area contributed by atoms with Crippen LogP contribution in [0.15, 0.2) is 0 Å². The van der Waals surface area contributed by atoms with Crippen molar-refractivity contribution < 1.29 is 130 Å². The van der Waals surface area contributed by atoms with E-state index in [0.29, 0.717) is 0 Å². The number of hydrogen-bond acceptors (Lipinski definition) is 26. The highest BCUT2D eigenvalue weighted by molar-refractivity contribution is 14.1. The first-order valence-electron chi connectivity index (χ1n) is 28.7. The fourth-order valence-corrected chi connectivity index (χ4v) is 22.1. The Kier molecular flexibility index (Phi) is 39.5. The number of aliphatic hydroxyl groups is 17. The first-order chi connectivity index (χ1) is 46.5. The first-order valence-corrected chi connectivity index (χ1v) is 38.4. The topological polar surface area (TPSA) is 553 Å². The molecule has 11 unspecified atom stereocenters. The lowest BCUT2D eigenvalue weighted by molar-refractivity contribution is -0.131. The number of amides is 9. The maximum Gasteiger partial charge on any atom is 0.256 e. The van der Waals surface area contributed by atoms with E-state index in [1.807, 2.05) is 0 Å². The maximum absolute atomic E-state index is 15.7. The number of carbonyl (C=O) groups excluding carboxylic acids is 9. The molecule has 0 bridgehead atoms. The number of rotatable bonds is 35. The smallest absolute Gasteiger partial charge is 0.256 e. The van der Waals surface area contributed by atoms with E-state index in [9.17, 15) is 125 Å². The van der Waals surface area contributed by atoms with Crippen LogP contribution in [0.2, 0.25) is 0 Å². The summed E-state index contributed by atoms with van der Waals surface area (Å²) in [7, 11) is 6.08. The van der Waals surface area contributed by atoms with Crippen molar-refractivity contribution >= 4 is 274 Å². The highest BCUT2D eigenvalue weighted by atomic mass is 127. The maximum atomic E-state index is 15.7. The molecule has 20 N–H and O–H groups in total. The summed E-state index contributed by atoms with van der Waals surface area (Å²) >= 11 is 14.9. The first kappa shape index (κ1) is 93.0. The van der Waals surface area contributed by atoms with Gasteiger partial charge in [-0.2, -0.15) is 0 Å². The Hall–Kier alpha value is -1.22. The van der Waals surface area contributed by atoms with E-state index in [-0.39, 0.29) is 77.0 Å². The molecule has 35 nitrogen and oxygen atoms in total. The Balaban J connectivity index is 2.44. The Bertz CT molecular complexity index is 3370. The molecule has 0 aliphatic heterocycles. The highest BCUT2D eigenvalue weighted by Crippen LogP contribution is 2.41. The molecule has 0 aromatic heterocycles. The molecule has 9 amide bonds. The number of nitrogens with one attached hydrogen (secondary N) is 3. The molecule has 0 saturated carbocycles. The lowest BCUT2D eigenvalue weighted by Crippen LogP contribution is -2.48. The number of halogens is 9. The third-order valence-corrected chi connectivity index (χ3v) is 24.1. The molecule has 3 aromatic rings. The molecule has 11 atom stereocenters. The second-order valence-electron chi connectivity index (χ2n) is 22.2. The van der Waals surface area contributed by atoms with Crippen LogP contribution in [-0.2, 0) is 14.4 Å². The van der Waals surface area contributed by atoms with Gasteiger partial charge in [-0.3, -0.25) is 43.2 Å². The monoisotopic (exact) mass is 2430 g/mol. The Labute approximate surface area is 693 Å². The van der Waals surface area contributed by atoms with Gasteiger partial charge in [-0.05, 0) is 203 Å². The summed E-state index contributed by atoms with van der Waals surface area (Å²) in [5, 5.41) is 182. The number of aliphatic hydroxyl groups excluding tert-OH is 17. The van der Waals surface area contributed by atoms with Crippen molar-refractivity contribution in [3.8, 4) is 0 Å². The summed E-state index contributed by atoms with van der Waals surface area (Å²) in [4.78, 5) is 135. The van der Waals surface area contributed by atoms with E-state index in [1.165, 1.54) is 35.2 Å². The largest absolute Gasteiger partial charge is 0.394 e. The molecule has 0 heterocycles. The van der Waals surface area contributed by atoms with Gasteiger partial charge < -0.3 is 132 Å². The van der Waals surface area contributed by atoms with Gasteiger partial charge in [0, 0.05) is 91.8 Å². The molecular formula is C56H72I9N9O26. The molecular weight excluding hydrogens is 2360 g/mol. The van der Waals surface area contributed by atoms with Crippen LogP contribution < -0.4 is 16.0 Å². The standard InChI is InChI=1S/C56H72I9N9O26/c1-69(51(95)27-33(57)29(53(97)71(3)8-21(83)13-75)38(62)42(36(27)60)66-48(92)45(89)24(86)16-78)6-19(81)11-74(56(100)32-35(59)31(55(99)73(5)10-23(85)15-77)40(64)44(41(32)65)68-50(94)47(91)26(88)18-80)12-20(82)7-70(2)52(96)28-34(58)30(54(98)72(4)9-22(84)14-76)39(63)43(37(28)61)67-49(93)46(90)25(87)17-79/h19-26,45-47,75-91H,6-18H2,1-5H3,(H,66,92)(H,67,93)(H,68,94). The van der Waals surface area contributed by atoms with Crippen molar-refractivity contribution in [3.05, 3.63) is 65.5 Å². The summed E-state index contributed by atoms with van der Waals surface area (Å²) in [6, 6.07) is 0. The van der Waals surface area contributed by atoms with Gasteiger partial charge in [0.05, 0.1) is 142 Å². The summed E-state index contributed by atoms with van der Waals surface area (Å²) in [5.41, 5.74) is -2.87. The second-order valence-corrected chi connectivity index (χ2v) is 31.9. The van der Waals surface area contributed by atoms with Crippen molar-refractivity contribution in [1.29, 1.82) is 0 Å². The minimum absolute atomic E-state index is 0.0332. The van der Waals surface area contributed by atoms with Crippen LogP contribution in [0.5, 0.6) is 0 Å². The SMILES string of the molecule is CN(CC(O)CO)C(=O)c1c(I)c(NC(=O)C(O)C(O)CO)c(I)c(C(=O)N(C)CC(O)CN(CC(O)CN(C)C(=O)c2c(I)c(NC(=O)C(O)C(O)CO)c(I)c(C(=O)N(C)CC(O)CO)c2I)C(=O)c2c(I)c(NC(=O)C(O)C(O)CO)c(I)c(C(=O)N(C)CC(O)CO)c2I)c1I. The summed E-state index contributed by atoms with van der Waals surface area (Å²) in [6.45, 7) is -10.3. The van der Waals surface area contributed by atoms with Gasteiger partial charge in [0.25, 0.3) is 53.2 Å². The van der Waals surface area contributed by atoms with Crippen LogP contribution in [0.3, 0.4) is 0 Å². The number of hydrogen-bond donors (Lipinski definition) is 20. The van der Waals surface area contributed by atoms with Gasteiger partial charge in [-0.1, -0.05) is 0 Å². The van der Waals surface area contributed by atoms with Crippen molar-refractivity contribution in [2.45, 2.75) is 67.1 Å². The van der Waals surface area contributed by atoms with Crippen molar-refractivity contribution in [1.82, 2.24) is 29.4 Å². The summed E-state index contributed by atoms with van der Waals surface area (Å²) in [6.07, 6.45) is -21.0. The molecule has 0 radical (unpaired) electrons. The van der Waals surface area contributed by atoms with E-state index in [1.54, 1.807) is 203 Å². The molecule has 44 heteroatoms. The lowest BCUT2D eigenvalue weighted by Gasteiger charge is -2.32. The second kappa shape index (κ2) is 42.5. The fraction of sp³-hybridized carbons (Fsp3) is 0.518. The van der Waals surface area contributed by atoms with Crippen LogP contribution in [0.4, 0.5) is 17.1 Å². The lowest BCUT2D eigenvalue weighted by atomic mass is 10.0. The van der Waals surface area contributed by atoms with Crippen LogP contribution in [0.25, 0.3) is 0 Å². The zero-order valence-electron chi connectivity index (χ0n) is 52.9. The van der Waals surface area contributed by atoms with Crippen molar-refractivity contribution in [3.63, 3.8) is 0 Å². The minimum Gasteiger partial charge on any atom is -0.394 e. The summed E-state index contributed by atoms with van der Waals surface area (Å²) < 4.78 is -0.887. The number of likely N-dealkylation sites (N-methyl/N-ethyl adjacent to an activating group) is 5. The van der Waals surface area contributed by atoms with Gasteiger partial charge in [0.1, 0.15) is 18.3 Å². The van der Waals surface area contributed by atoms with Crippen molar-refractivity contribution in [2.75, 3.05) is 137 Å². The van der Waals surface area contributed by atoms with Crippen LogP contribution in [0.1, 0.15) is 62.1 Å². The zero-order valence-corrected chi connectivity index (χ0v) is 72.3. The molecule has 0 saturated heterocycles. The number of carbonyl (C=O) groups is 9. The molecule has 0 aliphatic carbocycles. The van der Waals surface area contributed by atoms with E-state index in [4.69, 9.17) is 0 Å². The number of benzene rings is 3. The zero-order chi connectivity index (χ0) is 76.7. The normalized spacial score (nSPS) is 14.8. The Morgan fingerprint density at radius 1 is 0.280 bits per heavy atom. The highest BCUT2D eigenvalue weighted by Gasteiger charge is 2.39. The molecule has 0 aliphatic rings. The van der Waals surface area contributed by atoms with Crippen LogP contribution in [-0.4, -0.2) is 357 Å². The van der Waals surface area contributed by atoms with E-state index in [2.05, 4.69) is 16.0 Å². The fourth-order valence-electron chi connectivity index (χ4n) is 9.01. The van der Waals surface area contributed by atoms with Crippen molar-refractivity contribution in [2.24, 2.45) is 0 Å². The van der Waals surface area contributed by atoms with E-state index >= 15 is 4.79 Å². The van der Waals surface area contributed by atoms with Gasteiger partial charge in [0.2, 0.25) is 0 Å². The molecule has 0 fully saturated rings. The van der Waals surface area contributed by atoms with Gasteiger partial charge in [-0.15, -0.1) is 0 Å². The van der Waals surface area contributed by atoms with Gasteiger partial charge in [0.15, 0.2) is 18.3 Å². The predicted molar refractivity (Wildman–Crippen MR) is 429 cm³/mol. The van der Waals surface area contributed by atoms with E-state index < -0.39 is 211 Å². The van der Waals surface area contributed by atoms with E-state index in [0.717, 1.165) is 29.4 Å². The Morgan fingerprint density at radius 2 is 0.460 bits per heavy atom. The summed E-state index contributed by atoms with van der Waals surface area (Å²) in [5.74, 6) is -9.77. The molecule has 3 rings (SSSR count). The van der Waals surface area contributed by atoms with Crippen LogP contribution >= 0.6 is 203 Å². The number of anilines is 3. The number of nitrogens with zero attached hydrogens (tertiary/aromatic N) is 6. The predicted octanol–water partition coefficient (Wildman–Crippen LogP) is -3.93. The third-order valence-electron chi connectivity index (χ3n) is 14.4. The quantitative estimate of drug-likeness (QED) is 0.0250. The third kappa shape index (κ3) is 23.4. The average molecular weight is 2430 g/mol. The van der Waals surface area contributed by atoms with Gasteiger partial charge in [-0.25, -0.2) is 0 Å². The molecule has 100 heavy (non-hydrogen) atoms. The molecule has 560 valence electrons. The average Bonchev–Trinajstić information content (AvgIpc) is 0.771. The minimum atomic E-state index is -2.32.